The van der Waals surface area contributed by atoms with Crippen molar-refractivity contribution in [3.05, 3.63) is 23.8 Å². The first-order valence-electron chi connectivity index (χ1n) is 9.47. The summed E-state index contributed by atoms with van der Waals surface area (Å²) in [4.78, 5) is 12.2. The minimum absolute atomic E-state index is 0. The summed E-state index contributed by atoms with van der Waals surface area (Å²) in [7, 11) is 1.65. The fourth-order valence-electron chi connectivity index (χ4n) is 3.15. The number of hydrogen-bond donors (Lipinski definition) is 2. The molecular weight excluding hydrogens is 352 g/mol. The fourth-order valence-corrected chi connectivity index (χ4v) is 3.15. The molecule has 1 heterocycles. The zero-order valence-electron chi connectivity index (χ0n) is 16.2. The van der Waals surface area contributed by atoms with Gasteiger partial charge in [0.15, 0.2) is 11.5 Å². The van der Waals surface area contributed by atoms with Crippen LogP contribution in [0.15, 0.2) is 18.2 Å². The van der Waals surface area contributed by atoms with Crippen LogP contribution in [0.5, 0.6) is 11.5 Å². The van der Waals surface area contributed by atoms with E-state index in [-0.39, 0.29) is 24.4 Å². The largest absolute Gasteiger partial charge is 0.493 e. The number of amides is 1. The van der Waals surface area contributed by atoms with E-state index >= 15 is 0 Å². The molecule has 0 spiro atoms. The second-order valence-electron chi connectivity index (χ2n) is 6.75. The summed E-state index contributed by atoms with van der Waals surface area (Å²) in [6.45, 7) is 5.89. The van der Waals surface area contributed by atoms with Gasteiger partial charge in [0.25, 0.3) is 0 Å². The van der Waals surface area contributed by atoms with Crippen LogP contribution in [0.25, 0.3) is 0 Å². The monoisotopic (exact) mass is 384 g/mol. The molecule has 1 aromatic rings. The number of hydrogen-bond acceptors (Lipinski definition) is 4. The van der Waals surface area contributed by atoms with Gasteiger partial charge < -0.3 is 20.1 Å². The van der Waals surface area contributed by atoms with E-state index in [1.807, 2.05) is 25.1 Å². The number of rotatable bonds is 10. The SMILES string of the molecule is CCCCCOc1ccc(C(C)NC(=O)CC2CCCN2)cc1OC.Cl. The maximum absolute atomic E-state index is 12.2. The second kappa shape index (κ2) is 12.0. The number of ether oxygens (including phenoxy) is 2. The van der Waals surface area contributed by atoms with Crippen LogP contribution in [0.2, 0.25) is 0 Å². The number of nitrogens with one attached hydrogen (secondary N) is 2. The van der Waals surface area contributed by atoms with Crippen molar-refractivity contribution in [2.24, 2.45) is 0 Å². The third-order valence-electron chi connectivity index (χ3n) is 4.66. The smallest absolute Gasteiger partial charge is 0.222 e. The lowest BCUT2D eigenvalue weighted by molar-refractivity contribution is -0.122. The lowest BCUT2D eigenvalue weighted by Gasteiger charge is -2.18. The highest BCUT2D eigenvalue weighted by molar-refractivity contribution is 5.85. The van der Waals surface area contributed by atoms with Gasteiger partial charge in [-0.15, -0.1) is 12.4 Å². The van der Waals surface area contributed by atoms with Crippen molar-refractivity contribution >= 4 is 18.3 Å². The van der Waals surface area contributed by atoms with Crippen LogP contribution in [0, 0.1) is 0 Å². The van der Waals surface area contributed by atoms with Crippen LogP contribution in [0.4, 0.5) is 0 Å². The molecule has 1 aromatic carbocycles. The summed E-state index contributed by atoms with van der Waals surface area (Å²) in [5.41, 5.74) is 1.02. The van der Waals surface area contributed by atoms with Gasteiger partial charge in [-0.1, -0.05) is 25.8 Å². The van der Waals surface area contributed by atoms with Crippen molar-refractivity contribution in [1.82, 2.24) is 10.6 Å². The quantitative estimate of drug-likeness (QED) is 0.598. The Morgan fingerprint density at radius 1 is 1.35 bits per heavy atom. The van der Waals surface area contributed by atoms with E-state index in [0.29, 0.717) is 24.8 Å². The molecule has 1 aliphatic rings. The molecule has 26 heavy (non-hydrogen) atoms. The second-order valence-corrected chi connectivity index (χ2v) is 6.75. The van der Waals surface area contributed by atoms with E-state index in [0.717, 1.165) is 37.1 Å². The van der Waals surface area contributed by atoms with Gasteiger partial charge in [-0.2, -0.15) is 0 Å². The first kappa shape index (κ1) is 22.6. The van der Waals surface area contributed by atoms with Gasteiger partial charge >= 0.3 is 0 Å². The van der Waals surface area contributed by atoms with E-state index in [9.17, 15) is 4.79 Å². The highest BCUT2D eigenvalue weighted by Crippen LogP contribution is 2.30. The summed E-state index contributed by atoms with van der Waals surface area (Å²) in [6, 6.07) is 6.14. The zero-order valence-corrected chi connectivity index (χ0v) is 17.0. The van der Waals surface area contributed by atoms with Crippen molar-refractivity contribution in [1.29, 1.82) is 0 Å². The van der Waals surface area contributed by atoms with E-state index in [1.54, 1.807) is 7.11 Å². The van der Waals surface area contributed by atoms with Crippen molar-refractivity contribution in [2.45, 2.75) is 64.5 Å². The number of benzene rings is 1. The average Bonchev–Trinajstić information content (AvgIpc) is 3.11. The molecule has 1 amide bonds. The molecule has 6 heteroatoms. The molecule has 0 aliphatic carbocycles. The van der Waals surface area contributed by atoms with Crippen molar-refractivity contribution in [2.75, 3.05) is 20.3 Å². The number of carbonyl (C=O) groups excluding carboxylic acids is 1. The van der Waals surface area contributed by atoms with Crippen molar-refractivity contribution in [3.8, 4) is 11.5 Å². The van der Waals surface area contributed by atoms with Gasteiger partial charge in [-0.05, 0) is 50.4 Å². The van der Waals surface area contributed by atoms with Crippen LogP contribution in [-0.4, -0.2) is 32.2 Å². The first-order valence-corrected chi connectivity index (χ1v) is 9.47. The van der Waals surface area contributed by atoms with Crippen LogP contribution in [-0.2, 0) is 4.79 Å². The molecule has 0 radical (unpaired) electrons. The zero-order chi connectivity index (χ0) is 18.1. The Hall–Kier alpha value is -1.46. The Balaban J connectivity index is 0.00000338. The Morgan fingerprint density at radius 3 is 2.81 bits per heavy atom. The molecule has 5 nitrogen and oxygen atoms in total. The third kappa shape index (κ3) is 7.04. The number of methoxy groups -OCH3 is 1. The number of halogens is 1. The summed E-state index contributed by atoms with van der Waals surface area (Å²) in [5.74, 6) is 1.56. The standard InChI is InChI=1S/C20H32N2O3.ClH/c1-4-5-6-12-25-18-10-9-16(13-19(18)24-3)15(2)22-20(23)14-17-8-7-11-21-17;/h9-10,13,15,17,21H,4-8,11-12,14H2,1-3H3,(H,22,23);1H. The van der Waals surface area contributed by atoms with E-state index < -0.39 is 0 Å². The van der Waals surface area contributed by atoms with Gasteiger partial charge in [-0.3, -0.25) is 4.79 Å². The van der Waals surface area contributed by atoms with Gasteiger partial charge in [0.05, 0.1) is 19.8 Å². The van der Waals surface area contributed by atoms with E-state index in [1.165, 1.54) is 12.8 Å². The Bertz CT molecular complexity index is 548. The van der Waals surface area contributed by atoms with Crippen LogP contribution < -0.4 is 20.1 Å². The van der Waals surface area contributed by atoms with Crippen LogP contribution in [0.3, 0.4) is 0 Å². The molecule has 0 aromatic heterocycles. The normalized spacial score (nSPS) is 17.3. The molecule has 148 valence electrons. The van der Waals surface area contributed by atoms with Crippen LogP contribution in [0.1, 0.15) is 64.0 Å². The summed E-state index contributed by atoms with van der Waals surface area (Å²) in [5, 5.41) is 6.44. The third-order valence-corrected chi connectivity index (χ3v) is 4.66. The van der Waals surface area contributed by atoms with Gasteiger partial charge in [0.2, 0.25) is 5.91 Å². The van der Waals surface area contributed by atoms with Gasteiger partial charge in [0.1, 0.15) is 0 Å². The molecule has 1 saturated heterocycles. The summed E-state index contributed by atoms with van der Waals surface area (Å²) < 4.78 is 11.3. The average molecular weight is 385 g/mol. The van der Waals surface area contributed by atoms with E-state index in [2.05, 4.69) is 17.6 Å². The highest BCUT2D eigenvalue weighted by atomic mass is 35.5. The molecule has 2 N–H and O–H groups in total. The minimum Gasteiger partial charge on any atom is -0.493 e. The van der Waals surface area contributed by atoms with Crippen molar-refractivity contribution in [3.63, 3.8) is 0 Å². The lowest BCUT2D eigenvalue weighted by atomic mass is 10.1. The maximum atomic E-state index is 12.2. The van der Waals surface area contributed by atoms with Gasteiger partial charge in [0, 0.05) is 12.5 Å². The number of carbonyl (C=O) groups is 1. The molecule has 2 unspecified atom stereocenters. The summed E-state index contributed by atoms with van der Waals surface area (Å²) >= 11 is 0. The lowest BCUT2D eigenvalue weighted by Crippen LogP contribution is -2.33. The molecule has 2 rings (SSSR count). The topological polar surface area (TPSA) is 59.6 Å². The molecular formula is C20H33ClN2O3. The first-order chi connectivity index (χ1) is 12.1. The van der Waals surface area contributed by atoms with Gasteiger partial charge in [-0.25, -0.2) is 0 Å². The maximum Gasteiger partial charge on any atom is 0.222 e. The Morgan fingerprint density at radius 2 is 2.15 bits per heavy atom. The molecule has 2 atom stereocenters. The highest BCUT2D eigenvalue weighted by Gasteiger charge is 2.19. The predicted octanol–water partition coefficient (Wildman–Crippen LogP) is 4.01. The summed E-state index contributed by atoms with van der Waals surface area (Å²) in [6.07, 6.45) is 6.17. The van der Waals surface area contributed by atoms with E-state index in [4.69, 9.17) is 9.47 Å². The van der Waals surface area contributed by atoms with Crippen LogP contribution >= 0.6 is 12.4 Å². The molecule has 0 bridgehead atoms. The Kier molecular flexibility index (Phi) is 10.4. The Labute approximate surface area is 163 Å². The fraction of sp³-hybridized carbons (Fsp3) is 0.650. The minimum atomic E-state index is -0.0584. The molecule has 0 saturated carbocycles. The van der Waals surface area contributed by atoms with Crippen molar-refractivity contribution < 1.29 is 14.3 Å². The molecule has 1 aliphatic heterocycles. The number of unbranched alkanes of at least 4 members (excludes halogenated alkanes) is 2. The molecule has 1 fully saturated rings. The predicted molar refractivity (Wildman–Crippen MR) is 107 cm³/mol.